The van der Waals surface area contributed by atoms with Crippen LogP contribution in [0.25, 0.3) is 0 Å². The van der Waals surface area contributed by atoms with Crippen molar-refractivity contribution in [2.75, 3.05) is 13.1 Å². The summed E-state index contributed by atoms with van der Waals surface area (Å²) in [5.74, 6) is 0. The van der Waals surface area contributed by atoms with Crippen LogP contribution in [0, 0.1) is 0 Å². The van der Waals surface area contributed by atoms with Crippen molar-refractivity contribution in [3.63, 3.8) is 0 Å². The molecule has 0 fully saturated rings. The molecule has 1 aromatic carbocycles. The minimum absolute atomic E-state index is 0.335. The predicted molar refractivity (Wildman–Crippen MR) is 140 cm³/mol. The van der Waals surface area contributed by atoms with E-state index in [1.54, 1.807) is 12.1 Å². The molecule has 0 saturated heterocycles. The van der Waals surface area contributed by atoms with Crippen LogP contribution in [0.3, 0.4) is 0 Å². The van der Waals surface area contributed by atoms with E-state index in [2.05, 4.69) is 34.8 Å². The van der Waals surface area contributed by atoms with Gasteiger partial charge in [0.2, 0.25) is 0 Å². The lowest BCUT2D eigenvalue weighted by atomic mass is 9.98. The molecule has 0 atom stereocenters. The molecule has 184 valence electrons. The number of hydrazine groups is 1. The van der Waals surface area contributed by atoms with Gasteiger partial charge in [-0.15, -0.1) is 6.58 Å². The summed E-state index contributed by atoms with van der Waals surface area (Å²) in [6, 6.07) is 7.13. The number of nitrogens with one attached hydrogen (secondary N) is 2. The monoisotopic (exact) mass is 473 g/mol. The van der Waals surface area contributed by atoms with Crippen LogP contribution in [0.15, 0.2) is 57.9 Å². The molecule has 1 aliphatic rings. The zero-order chi connectivity index (χ0) is 23.8. The first-order chi connectivity index (χ1) is 16.1. The number of sulfonamides is 1. The van der Waals surface area contributed by atoms with E-state index in [9.17, 15) is 8.42 Å². The summed E-state index contributed by atoms with van der Waals surface area (Å²) in [7, 11) is -3.54. The Labute approximate surface area is 201 Å². The Balaban J connectivity index is 1.51. The first-order valence-corrected chi connectivity index (χ1v) is 14.2. The molecule has 0 bridgehead atoms. The highest BCUT2D eigenvalue weighted by atomic mass is 32.2. The lowest BCUT2D eigenvalue weighted by Crippen LogP contribution is -2.33. The molecule has 1 aromatic rings. The summed E-state index contributed by atoms with van der Waals surface area (Å²) in [6.07, 6.45) is 19.5. The van der Waals surface area contributed by atoms with Gasteiger partial charge in [0, 0.05) is 18.7 Å². The average Bonchev–Trinajstić information content (AvgIpc) is 3.09. The highest BCUT2D eigenvalue weighted by molar-refractivity contribution is 7.90. The van der Waals surface area contributed by atoms with Crippen molar-refractivity contribution in [1.82, 2.24) is 10.9 Å². The number of rotatable bonds is 19. The normalized spacial score (nSPS) is 14.8. The van der Waals surface area contributed by atoms with Gasteiger partial charge in [0.15, 0.2) is 0 Å². The lowest BCUT2D eigenvalue weighted by Gasteiger charge is -2.07. The minimum Gasteiger partial charge on any atom is -0.258 e. The van der Waals surface area contributed by atoms with E-state index in [0.29, 0.717) is 10.6 Å². The third kappa shape index (κ3) is 9.95. The molecule has 0 radical (unpaired) electrons. The van der Waals surface area contributed by atoms with E-state index < -0.39 is 10.0 Å². The van der Waals surface area contributed by atoms with E-state index >= 15 is 0 Å². The minimum atomic E-state index is -3.54. The molecule has 1 aliphatic heterocycles. The second-order valence-corrected chi connectivity index (χ2v) is 10.3. The maximum absolute atomic E-state index is 12.3. The number of fused-ring (bicyclic) bond motifs is 1. The largest absolute Gasteiger partial charge is 0.283 e. The second kappa shape index (κ2) is 16.0. The topological polar surface area (TPSA) is 70.6 Å². The zero-order valence-electron chi connectivity index (χ0n) is 20.4. The Morgan fingerprint density at radius 1 is 0.879 bits per heavy atom. The average molecular weight is 474 g/mol. The Morgan fingerprint density at radius 2 is 1.45 bits per heavy atom. The van der Waals surface area contributed by atoms with Gasteiger partial charge in [0.25, 0.3) is 10.0 Å². The number of nitrogens with zero attached hydrogens (tertiary/aromatic N) is 1. The van der Waals surface area contributed by atoms with Gasteiger partial charge < -0.3 is 0 Å². The van der Waals surface area contributed by atoms with Crippen molar-refractivity contribution < 1.29 is 8.42 Å². The molecule has 0 unspecified atom stereocenters. The summed E-state index contributed by atoms with van der Waals surface area (Å²) < 4.78 is 28.6. The quantitative estimate of drug-likeness (QED) is 0.137. The van der Waals surface area contributed by atoms with Gasteiger partial charge in [-0.2, -0.15) is 12.8 Å². The van der Waals surface area contributed by atoms with Crippen LogP contribution in [0.1, 0.15) is 96.0 Å². The van der Waals surface area contributed by atoms with Crippen LogP contribution < -0.4 is 10.9 Å². The van der Waals surface area contributed by atoms with Crippen LogP contribution in [0.2, 0.25) is 0 Å². The Bertz CT molecular complexity index is 875. The lowest BCUT2D eigenvalue weighted by molar-refractivity contribution is 0.482. The van der Waals surface area contributed by atoms with Gasteiger partial charge >= 0.3 is 0 Å². The number of unbranched alkanes of at least 4 members (excludes halogenated alkanes) is 10. The molecule has 5 nitrogen and oxygen atoms in total. The third-order valence-electron chi connectivity index (χ3n) is 6.05. The van der Waals surface area contributed by atoms with Crippen LogP contribution >= 0.6 is 0 Å². The van der Waals surface area contributed by atoms with Crippen molar-refractivity contribution >= 4 is 15.7 Å². The van der Waals surface area contributed by atoms with Crippen molar-refractivity contribution in [2.45, 2.75) is 95.3 Å². The highest BCUT2D eigenvalue weighted by Crippen LogP contribution is 2.30. The molecule has 0 aromatic heterocycles. The molecule has 2 N–H and O–H groups in total. The smallest absolute Gasteiger partial charge is 0.258 e. The summed E-state index contributed by atoms with van der Waals surface area (Å²) in [6.45, 7) is 7.89. The van der Waals surface area contributed by atoms with Gasteiger partial charge in [-0.3, -0.25) is 10.9 Å². The van der Waals surface area contributed by atoms with E-state index in [-0.39, 0.29) is 0 Å². The van der Waals surface area contributed by atoms with Crippen molar-refractivity contribution in [3.8, 4) is 0 Å². The summed E-state index contributed by atoms with van der Waals surface area (Å²) in [5, 5.41) is 0. The fourth-order valence-corrected chi connectivity index (χ4v) is 5.37. The number of hydrogen-bond acceptors (Lipinski definition) is 4. The predicted octanol–water partition coefficient (Wildman–Crippen LogP) is 6.48. The second-order valence-electron chi connectivity index (χ2n) is 8.75. The van der Waals surface area contributed by atoms with Crippen molar-refractivity contribution in [1.29, 1.82) is 0 Å². The standard InChI is InChI=1S/C27H43N3O2S/c1-3-5-6-7-9-12-17-22-28-29-23-18-13-10-8-11-14-19-24(4-2)27-25-20-15-16-21-26(25)33(31,32)30-27/h3,15-16,19-21,28-29H,1,4-14,17-18,22-23H2,2H3/b24-19+. The van der Waals surface area contributed by atoms with Gasteiger partial charge in [-0.1, -0.05) is 75.8 Å². The fourth-order valence-electron chi connectivity index (χ4n) is 4.12. The molecule has 1 heterocycles. The van der Waals surface area contributed by atoms with Crippen LogP contribution in [0.4, 0.5) is 0 Å². The van der Waals surface area contributed by atoms with E-state index in [0.717, 1.165) is 49.9 Å². The first-order valence-electron chi connectivity index (χ1n) is 12.8. The van der Waals surface area contributed by atoms with Crippen LogP contribution in [-0.4, -0.2) is 27.2 Å². The molecular formula is C27H43N3O2S. The fraction of sp³-hybridized carbons (Fsp3) is 0.593. The van der Waals surface area contributed by atoms with Crippen molar-refractivity contribution in [2.24, 2.45) is 4.40 Å². The Morgan fingerprint density at radius 3 is 2.09 bits per heavy atom. The molecular weight excluding hydrogens is 430 g/mol. The van der Waals surface area contributed by atoms with Gasteiger partial charge in [0.1, 0.15) is 0 Å². The van der Waals surface area contributed by atoms with Crippen molar-refractivity contribution in [3.05, 3.63) is 54.1 Å². The molecule has 33 heavy (non-hydrogen) atoms. The molecule has 0 saturated carbocycles. The highest BCUT2D eigenvalue weighted by Gasteiger charge is 2.29. The zero-order valence-corrected chi connectivity index (χ0v) is 21.3. The Hall–Kier alpha value is -1.76. The first kappa shape index (κ1) is 27.5. The SMILES string of the molecule is C=CCCCCCCCNNCCCCCCC/C=C(\CC)C1=NS(=O)(=O)c2ccccc21. The number of benzene rings is 1. The number of allylic oxidation sites excluding steroid dienone is 3. The van der Waals surface area contributed by atoms with E-state index in [1.807, 2.05) is 18.2 Å². The molecule has 2 rings (SSSR count). The summed E-state index contributed by atoms with van der Waals surface area (Å²) >= 11 is 0. The van der Waals surface area contributed by atoms with E-state index in [4.69, 9.17) is 0 Å². The molecule has 0 amide bonds. The van der Waals surface area contributed by atoms with Gasteiger partial charge in [-0.25, -0.2) is 0 Å². The Kier molecular flexibility index (Phi) is 13.3. The summed E-state index contributed by atoms with van der Waals surface area (Å²) in [4.78, 5) is 0.335. The van der Waals surface area contributed by atoms with Crippen LogP contribution in [-0.2, 0) is 10.0 Å². The van der Waals surface area contributed by atoms with Gasteiger partial charge in [0.05, 0.1) is 10.6 Å². The molecule has 0 spiro atoms. The van der Waals surface area contributed by atoms with Gasteiger partial charge in [-0.05, 0) is 56.6 Å². The van der Waals surface area contributed by atoms with Crippen LogP contribution in [0.5, 0.6) is 0 Å². The number of hydrogen-bond donors (Lipinski definition) is 2. The maximum Gasteiger partial charge on any atom is 0.283 e. The molecule has 6 heteroatoms. The molecule has 0 aliphatic carbocycles. The summed E-state index contributed by atoms with van der Waals surface area (Å²) in [5.41, 5.74) is 9.08. The van der Waals surface area contributed by atoms with E-state index in [1.165, 1.54) is 57.8 Å². The third-order valence-corrected chi connectivity index (χ3v) is 7.38. The maximum atomic E-state index is 12.3.